The molecule has 3 aromatic rings. The fourth-order valence-corrected chi connectivity index (χ4v) is 3.49. The van der Waals surface area contributed by atoms with E-state index in [2.05, 4.69) is 5.10 Å². The van der Waals surface area contributed by atoms with E-state index >= 15 is 0 Å². The number of hydrogen-bond donors (Lipinski definition) is 1. The van der Waals surface area contributed by atoms with Crippen LogP contribution in [0.25, 0.3) is 10.8 Å². The van der Waals surface area contributed by atoms with E-state index in [4.69, 9.17) is 4.42 Å². The summed E-state index contributed by atoms with van der Waals surface area (Å²) in [5.41, 5.74) is 0.609. The molecule has 1 atom stereocenters. The number of aryl methyl sites for hydroxylation is 1. The minimum absolute atomic E-state index is 0.00939. The highest BCUT2D eigenvalue weighted by molar-refractivity contribution is 6.04. The molecule has 0 bridgehead atoms. The second-order valence-electron chi connectivity index (χ2n) is 6.64. The molecule has 0 radical (unpaired) electrons. The maximum atomic E-state index is 12.2. The van der Waals surface area contributed by atoms with Crippen LogP contribution in [0.2, 0.25) is 0 Å². The van der Waals surface area contributed by atoms with Crippen molar-refractivity contribution in [1.29, 1.82) is 0 Å². The van der Waals surface area contributed by atoms with Crippen LogP contribution in [0.5, 0.6) is 5.75 Å². The zero-order valence-corrected chi connectivity index (χ0v) is 15.0. The molecule has 2 heterocycles. The van der Waals surface area contributed by atoms with Crippen molar-refractivity contribution in [3.8, 4) is 5.75 Å². The second-order valence-corrected chi connectivity index (χ2v) is 6.64. The predicted octanol–water partition coefficient (Wildman–Crippen LogP) is 3.50. The molecule has 1 aromatic heterocycles. The standard InChI is InChI=1S/C21H18N2O4/c1-12-9-19(25)20(21(26)27-12)17-11-18(23(22-17)13(2)24)16-8-7-14-5-3-4-6-15(14)10-16/h3-10,18,25H,11H2,1-2H3. The molecule has 2 aromatic carbocycles. The topological polar surface area (TPSA) is 83.1 Å². The normalized spacial score (nSPS) is 16.6. The monoisotopic (exact) mass is 362 g/mol. The number of amides is 1. The van der Waals surface area contributed by atoms with E-state index < -0.39 is 5.63 Å². The predicted molar refractivity (Wildman–Crippen MR) is 102 cm³/mol. The molecule has 0 saturated carbocycles. The minimum Gasteiger partial charge on any atom is -0.507 e. The van der Waals surface area contributed by atoms with Crippen molar-refractivity contribution in [2.45, 2.75) is 26.3 Å². The molecule has 4 rings (SSSR count). The molecule has 136 valence electrons. The van der Waals surface area contributed by atoms with Crippen molar-refractivity contribution in [3.63, 3.8) is 0 Å². The summed E-state index contributed by atoms with van der Waals surface area (Å²) in [6.45, 7) is 3.01. The molecule has 1 aliphatic heterocycles. The lowest BCUT2D eigenvalue weighted by molar-refractivity contribution is -0.130. The van der Waals surface area contributed by atoms with Crippen LogP contribution >= 0.6 is 0 Å². The smallest absolute Gasteiger partial charge is 0.348 e. The summed E-state index contributed by atoms with van der Waals surface area (Å²) < 4.78 is 5.10. The maximum Gasteiger partial charge on any atom is 0.348 e. The van der Waals surface area contributed by atoms with E-state index in [-0.39, 0.29) is 23.3 Å². The molecule has 0 saturated heterocycles. The number of benzene rings is 2. The van der Waals surface area contributed by atoms with Gasteiger partial charge < -0.3 is 9.52 Å². The fourth-order valence-electron chi connectivity index (χ4n) is 3.49. The number of nitrogens with zero attached hydrogens (tertiary/aromatic N) is 2. The Morgan fingerprint density at radius 2 is 1.93 bits per heavy atom. The van der Waals surface area contributed by atoms with Crippen molar-refractivity contribution >= 4 is 22.4 Å². The molecule has 1 N–H and O–H groups in total. The Bertz CT molecular complexity index is 1150. The first-order valence-electron chi connectivity index (χ1n) is 8.64. The van der Waals surface area contributed by atoms with Gasteiger partial charge in [-0.25, -0.2) is 9.80 Å². The average molecular weight is 362 g/mol. The summed E-state index contributed by atoms with van der Waals surface area (Å²) in [6.07, 6.45) is 0.319. The Morgan fingerprint density at radius 3 is 2.63 bits per heavy atom. The van der Waals surface area contributed by atoms with Crippen LogP contribution < -0.4 is 5.63 Å². The van der Waals surface area contributed by atoms with E-state index in [0.717, 1.165) is 16.3 Å². The van der Waals surface area contributed by atoms with E-state index in [9.17, 15) is 14.7 Å². The van der Waals surface area contributed by atoms with Gasteiger partial charge >= 0.3 is 5.63 Å². The summed E-state index contributed by atoms with van der Waals surface area (Å²) in [4.78, 5) is 24.4. The number of rotatable bonds is 2. The third kappa shape index (κ3) is 2.99. The Hall–Kier alpha value is -3.41. The van der Waals surface area contributed by atoms with E-state index in [1.165, 1.54) is 18.0 Å². The van der Waals surface area contributed by atoms with Crippen LogP contribution in [0.1, 0.15) is 36.3 Å². The van der Waals surface area contributed by atoms with Gasteiger partial charge in [0.15, 0.2) is 0 Å². The highest BCUT2D eigenvalue weighted by atomic mass is 16.4. The van der Waals surface area contributed by atoms with E-state index in [1.54, 1.807) is 6.92 Å². The summed E-state index contributed by atoms with van der Waals surface area (Å²) in [7, 11) is 0. The lowest BCUT2D eigenvalue weighted by Gasteiger charge is -2.20. The Balaban J connectivity index is 1.77. The van der Waals surface area contributed by atoms with Gasteiger partial charge in [-0.05, 0) is 29.3 Å². The molecular weight excluding hydrogens is 344 g/mol. The molecular formula is C21H18N2O4. The Kier molecular flexibility index (Phi) is 4.03. The van der Waals surface area contributed by atoms with Crippen LogP contribution in [0.4, 0.5) is 0 Å². The van der Waals surface area contributed by atoms with Gasteiger partial charge in [-0.15, -0.1) is 0 Å². The second kappa shape index (κ2) is 6.39. The summed E-state index contributed by atoms with van der Waals surface area (Å²) >= 11 is 0. The third-order valence-corrected chi connectivity index (χ3v) is 4.73. The van der Waals surface area contributed by atoms with Crippen LogP contribution in [-0.2, 0) is 4.79 Å². The van der Waals surface area contributed by atoms with Gasteiger partial charge in [-0.2, -0.15) is 5.10 Å². The number of hydrogen-bond acceptors (Lipinski definition) is 5. The number of hydrazone groups is 1. The minimum atomic E-state index is -0.658. The number of carbonyl (C=O) groups excluding carboxylic acids is 1. The molecule has 1 unspecified atom stereocenters. The van der Waals surface area contributed by atoms with Crippen molar-refractivity contribution in [3.05, 3.63) is 75.8 Å². The summed E-state index contributed by atoms with van der Waals surface area (Å²) in [5, 5.41) is 18.1. The fraction of sp³-hybridized carbons (Fsp3) is 0.190. The highest BCUT2D eigenvalue weighted by Crippen LogP contribution is 2.35. The van der Waals surface area contributed by atoms with E-state index in [0.29, 0.717) is 17.9 Å². The zero-order valence-electron chi connectivity index (χ0n) is 15.0. The van der Waals surface area contributed by atoms with Gasteiger partial charge in [-0.3, -0.25) is 4.79 Å². The largest absolute Gasteiger partial charge is 0.507 e. The van der Waals surface area contributed by atoms with Gasteiger partial charge in [0.05, 0.1) is 11.8 Å². The van der Waals surface area contributed by atoms with Crippen LogP contribution in [-0.4, -0.2) is 21.7 Å². The van der Waals surface area contributed by atoms with Crippen molar-refractivity contribution in [2.24, 2.45) is 5.10 Å². The van der Waals surface area contributed by atoms with Crippen molar-refractivity contribution in [1.82, 2.24) is 5.01 Å². The van der Waals surface area contributed by atoms with E-state index in [1.807, 2.05) is 42.5 Å². The van der Waals surface area contributed by atoms with Crippen LogP contribution in [0.15, 0.2) is 62.8 Å². The molecule has 0 spiro atoms. The number of fused-ring (bicyclic) bond motifs is 1. The van der Waals surface area contributed by atoms with Crippen LogP contribution in [0.3, 0.4) is 0 Å². The Labute approximate surface area is 155 Å². The van der Waals surface area contributed by atoms with Crippen LogP contribution in [0, 0.1) is 6.92 Å². The maximum absolute atomic E-state index is 12.2. The lowest BCUT2D eigenvalue weighted by Crippen LogP contribution is -2.24. The highest BCUT2D eigenvalue weighted by Gasteiger charge is 2.34. The van der Waals surface area contributed by atoms with Gasteiger partial charge in [0.2, 0.25) is 5.91 Å². The van der Waals surface area contributed by atoms with Crippen molar-refractivity contribution in [2.75, 3.05) is 0 Å². The van der Waals surface area contributed by atoms with Gasteiger partial charge in [0, 0.05) is 19.4 Å². The molecule has 27 heavy (non-hydrogen) atoms. The van der Waals surface area contributed by atoms with Gasteiger partial charge in [-0.1, -0.05) is 36.4 Å². The van der Waals surface area contributed by atoms with Gasteiger partial charge in [0.1, 0.15) is 17.1 Å². The van der Waals surface area contributed by atoms with Gasteiger partial charge in [0.25, 0.3) is 0 Å². The third-order valence-electron chi connectivity index (χ3n) is 4.73. The molecule has 1 amide bonds. The molecule has 0 aliphatic carbocycles. The summed E-state index contributed by atoms with van der Waals surface area (Å²) in [5.74, 6) is -0.112. The number of aromatic hydroxyl groups is 1. The first-order valence-corrected chi connectivity index (χ1v) is 8.64. The lowest BCUT2D eigenvalue weighted by atomic mass is 9.96. The molecule has 1 aliphatic rings. The van der Waals surface area contributed by atoms with Crippen molar-refractivity contribution < 1.29 is 14.3 Å². The first kappa shape index (κ1) is 17.0. The quantitative estimate of drug-likeness (QED) is 0.756. The molecule has 6 heteroatoms. The zero-order chi connectivity index (χ0) is 19.1. The SMILES string of the molecule is CC(=O)N1N=C(c2c(O)cc(C)oc2=O)CC1c1ccc2ccccc2c1. The number of carbonyl (C=O) groups is 1. The Morgan fingerprint density at radius 1 is 1.19 bits per heavy atom. The first-order chi connectivity index (χ1) is 12.9. The molecule has 0 fully saturated rings. The molecule has 6 nitrogen and oxygen atoms in total. The average Bonchev–Trinajstić information content (AvgIpc) is 3.05. The summed E-state index contributed by atoms with van der Waals surface area (Å²) in [6, 6.07) is 15.0.